The molecule has 0 radical (unpaired) electrons. The van der Waals surface area contributed by atoms with Gasteiger partial charge >= 0.3 is 0 Å². The first-order valence-corrected chi connectivity index (χ1v) is 3.89. The number of carbonyl (C=O) groups excluding carboxylic acids is 2. The third-order valence-corrected chi connectivity index (χ3v) is 2.12. The summed E-state index contributed by atoms with van der Waals surface area (Å²) in [6, 6.07) is 0. The van der Waals surface area contributed by atoms with E-state index in [1.54, 1.807) is 11.8 Å². The molecule has 11 heavy (non-hydrogen) atoms. The van der Waals surface area contributed by atoms with Crippen LogP contribution in [0.25, 0.3) is 0 Å². The van der Waals surface area contributed by atoms with Crippen LogP contribution in [0.3, 0.4) is 0 Å². The van der Waals surface area contributed by atoms with Gasteiger partial charge in [-0.05, 0) is 0 Å². The van der Waals surface area contributed by atoms with E-state index in [4.69, 9.17) is 0 Å². The minimum atomic E-state index is 0.0349. The summed E-state index contributed by atoms with van der Waals surface area (Å²) in [5, 5.41) is 0. The molecular formula is C8H13NO2. The van der Waals surface area contributed by atoms with E-state index in [1.807, 2.05) is 6.92 Å². The topological polar surface area (TPSA) is 37.4 Å². The second-order valence-corrected chi connectivity index (χ2v) is 3.08. The lowest BCUT2D eigenvalue weighted by atomic mass is 9.99. The summed E-state index contributed by atoms with van der Waals surface area (Å²) in [5.41, 5.74) is 0. The Morgan fingerprint density at radius 1 is 1.64 bits per heavy atom. The van der Waals surface area contributed by atoms with Gasteiger partial charge in [-0.1, -0.05) is 6.92 Å². The van der Waals surface area contributed by atoms with Gasteiger partial charge in [0.15, 0.2) is 0 Å². The summed E-state index contributed by atoms with van der Waals surface area (Å²) >= 11 is 0. The van der Waals surface area contributed by atoms with Gasteiger partial charge in [0.25, 0.3) is 0 Å². The monoisotopic (exact) mass is 155 g/mol. The highest BCUT2D eigenvalue weighted by Gasteiger charge is 2.24. The molecule has 3 nitrogen and oxygen atoms in total. The molecule has 1 heterocycles. The number of likely N-dealkylation sites (tertiary alicyclic amines) is 1. The van der Waals surface area contributed by atoms with Crippen LogP contribution in [0.2, 0.25) is 0 Å². The van der Waals surface area contributed by atoms with Gasteiger partial charge in [-0.15, -0.1) is 0 Å². The van der Waals surface area contributed by atoms with Crippen LogP contribution >= 0.6 is 0 Å². The smallest absolute Gasteiger partial charge is 0.219 e. The number of Topliss-reactive ketones (excluding diaryl/α,β-unsaturated/α-hetero) is 1. The molecule has 0 aromatic carbocycles. The standard InChI is InChI=1S/C8H13NO2/c1-6-5-9(7(2)10)4-3-8(6)11/h6H,3-5H2,1-2H3. The molecule has 62 valence electrons. The first-order valence-electron chi connectivity index (χ1n) is 3.89. The van der Waals surface area contributed by atoms with Gasteiger partial charge in [0, 0.05) is 32.4 Å². The van der Waals surface area contributed by atoms with Crippen molar-refractivity contribution in [1.29, 1.82) is 0 Å². The molecule has 0 saturated carbocycles. The van der Waals surface area contributed by atoms with Gasteiger partial charge in [0.05, 0.1) is 0 Å². The largest absolute Gasteiger partial charge is 0.342 e. The zero-order valence-electron chi connectivity index (χ0n) is 6.96. The van der Waals surface area contributed by atoms with Crippen molar-refractivity contribution < 1.29 is 9.59 Å². The van der Waals surface area contributed by atoms with Crippen molar-refractivity contribution in [1.82, 2.24) is 4.90 Å². The number of rotatable bonds is 0. The number of carbonyl (C=O) groups is 2. The van der Waals surface area contributed by atoms with E-state index >= 15 is 0 Å². The second kappa shape index (κ2) is 3.03. The number of hydrogen-bond acceptors (Lipinski definition) is 2. The molecular weight excluding hydrogens is 142 g/mol. The summed E-state index contributed by atoms with van der Waals surface area (Å²) in [5.74, 6) is 0.388. The van der Waals surface area contributed by atoms with E-state index < -0.39 is 0 Å². The lowest BCUT2D eigenvalue weighted by Gasteiger charge is -2.28. The van der Waals surface area contributed by atoms with E-state index in [0.29, 0.717) is 19.5 Å². The van der Waals surface area contributed by atoms with Crippen molar-refractivity contribution in [3.63, 3.8) is 0 Å². The van der Waals surface area contributed by atoms with E-state index in [1.165, 1.54) is 0 Å². The minimum Gasteiger partial charge on any atom is -0.342 e. The maximum absolute atomic E-state index is 11.0. The van der Waals surface area contributed by atoms with Crippen molar-refractivity contribution in [2.24, 2.45) is 5.92 Å². The Hall–Kier alpha value is -0.860. The molecule has 1 aliphatic heterocycles. The van der Waals surface area contributed by atoms with E-state index in [-0.39, 0.29) is 17.6 Å². The first-order chi connectivity index (χ1) is 5.11. The Labute approximate surface area is 66.4 Å². The molecule has 0 aromatic rings. The zero-order valence-corrected chi connectivity index (χ0v) is 6.96. The fourth-order valence-corrected chi connectivity index (χ4v) is 1.30. The highest BCUT2D eigenvalue weighted by Crippen LogP contribution is 2.11. The predicted molar refractivity (Wildman–Crippen MR) is 41.0 cm³/mol. The number of piperidine rings is 1. The lowest BCUT2D eigenvalue weighted by molar-refractivity contribution is -0.135. The Kier molecular flexibility index (Phi) is 2.27. The lowest BCUT2D eigenvalue weighted by Crippen LogP contribution is -2.41. The summed E-state index contributed by atoms with van der Waals surface area (Å²) in [6.07, 6.45) is 0.529. The summed E-state index contributed by atoms with van der Waals surface area (Å²) in [4.78, 5) is 23.6. The molecule has 1 atom stereocenters. The maximum atomic E-state index is 11.0. The van der Waals surface area contributed by atoms with E-state index in [2.05, 4.69) is 0 Å². The average molecular weight is 155 g/mol. The maximum Gasteiger partial charge on any atom is 0.219 e. The van der Waals surface area contributed by atoms with Crippen LogP contribution in [0.15, 0.2) is 0 Å². The van der Waals surface area contributed by atoms with Crippen LogP contribution in [-0.4, -0.2) is 29.7 Å². The Balaban J connectivity index is 2.52. The van der Waals surface area contributed by atoms with Gasteiger partial charge in [-0.2, -0.15) is 0 Å². The third-order valence-electron chi connectivity index (χ3n) is 2.12. The van der Waals surface area contributed by atoms with Crippen LogP contribution in [0.4, 0.5) is 0 Å². The average Bonchev–Trinajstić information content (AvgIpc) is 1.94. The summed E-state index contributed by atoms with van der Waals surface area (Å²) in [6.45, 7) is 4.63. The third kappa shape index (κ3) is 1.79. The molecule has 1 amide bonds. The molecule has 0 aliphatic carbocycles. The Morgan fingerprint density at radius 3 is 2.73 bits per heavy atom. The molecule has 0 bridgehead atoms. The number of hydrogen-bond donors (Lipinski definition) is 0. The molecule has 1 rings (SSSR count). The normalized spacial score (nSPS) is 25.5. The van der Waals surface area contributed by atoms with Crippen LogP contribution in [0.1, 0.15) is 20.3 Å². The van der Waals surface area contributed by atoms with E-state index in [0.717, 1.165) is 0 Å². The first kappa shape index (κ1) is 8.24. The molecule has 1 fully saturated rings. The van der Waals surface area contributed by atoms with Crippen LogP contribution in [0, 0.1) is 5.92 Å². The number of amides is 1. The highest BCUT2D eigenvalue weighted by molar-refractivity contribution is 5.84. The number of nitrogens with zero attached hydrogens (tertiary/aromatic N) is 1. The van der Waals surface area contributed by atoms with Crippen molar-refractivity contribution in [3.05, 3.63) is 0 Å². The quantitative estimate of drug-likeness (QED) is 0.509. The minimum absolute atomic E-state index is 0.0349. The van der Waals surface area contributed by atoms with Gasteiger partial charge in [-0.25, -0.2) is 0 Å². The van der Waals surface area contributed by atoms with Gasteiger partial charge in [-0.3, -0.25) is 9.59 Å². The summed E-state index contributed by atoms with van der Waals surface area (Å²) in [7, 11) is 0. The fourth-order valence-electron chi connectivity index (χ4n) is 1.30. The molecule has 1 aliphatic rings. The van der Waals surface area contributed by atoms with Crippen molar-refractivity contribution >= 4 is 11.7 Å². The zero-order chi connectivity index (χ0) is 8.43. The van der Waals surface area contributed by atoms with Crippen LogP contribution in [-0.2, 0) is 9.59 Å². The van der Waals surface area contributed by atoms with Crippen molar-refractivity contribution in [2.45, 2.75) is 20.3 Å². The van der Waals surface area contributed by atoms with Crippen molar-refractivity contribution in [3.8, 4) is 0 Å². The van der Waals surface area contributed by atoms with Crippen LogP contribution in [0.5, 0.6) is 0 Å². The molecule has 0 N–H and O–H groups in total. The Morgan fingerprint density at radius 2 is 2.27 bits per heavy atom. The Bertz CT molecular complexity index is 189. The van der Waals surface area contributed by atoms with Gasteiger partial charge < -0.3 is 4.90 Å². The molecule has 1 saturated heterocycles. The van der Waals surface area contributed by atoms with Crippen LogP contribution < -0.4 is 0 Å². The van der Waals surface area contributed by atoms with Crippen molar-refractivity contribution in [2.75, 3.05) is 13.1 Å². The van der Waals surface area contributed by atoms with E-state index in [9.17, 15) is 9.59 Å². The van der Waals surface area contributed by atoms with Gasteiger partial charge in [0.1, 0.15) is 5.78 Å². The molecule has 3 heteroatoms. The second-order valence-electron chi connectivity index (χ2n) is 3.08. The van der Waals surface area contributed by atoms with Gasteiger partial charge in [0.2, 0.25) is 5.91 Å². The SMILES string of the molecule is CC(=O)N1CCC(=O)C(C)C1. The fraction of sp³-hybridized carbons (Fsp3) is 0.750. The molecule has 0 spiro atoms. The summed E-state index contributed by atoms with van der Waals surface area (Å²) < 4.78 is 0. The highest BCUT2D eigenvalue weighted by atomic mass is 16.2. The number of ketones is 1. The predicted octanol–water partition coefficient (Wildman–Crippen LogP) is 0.444. The molecule has 0 aromatic heterocycles. The molecule has 1 unspecified atom stereocenters.